The number of hydrogen-bond donors (Lipinski definition) is 0. The Labute approximate surface area is 259 Å². The average Bonchev–Trinajstić information content (AvgIpc) is 3.47. The molecule has 0 saturated heterocycles. The van der Waals surface area contributed by atoms with Crippen molar-refractivity contribution in [1.82, 2.24) is 0 Å². The molecule has 0 amide bonds. The van der Waals surface area contributed by atoms with Crippen molar-refractivity contribution in [3.63, 3.8) is 0 Å². The van der Waals surface area contributed by atoms with Crippen molar-refractivity contribution in [1.29, 1.82) is 0 Å². The molecule has 0 radical (unpaired) electrons. The fourth-order valence-corrected chi connectivity index (χ4v) is 6.67. The quantitative estimate of drug-likeness (QED) is 0.124. The van der Waals surface area contributed by atoms with Gasteiger partial charge in [0.25, 0.3) is 0 Å². The van der Waals surface area contributed by atoms with Gasteiger partial charge in [-0.25, -0.2) is 0 Å². The minimum Gasteiger partial charge on any atom is -0.494 e. The van der Waals surface area contributed by atoms with Gasteiger partial charge in [0.1, 0.15) is 11.5 Å². The van der Waals surface area contributed by atoms with Gasteiger partial charge in [-0.1, -0.05) is 143 Å². The summed E-state index contributed by atoms with van der Waals surface area (Å²) in [6.45, 7) is 6.04. The Bertz CT molecular complexity index is 1330. The Balaban J connectivity index is 1.50. The third kappa shape index (κ3) is 7.42. The van der Waals surface area contributed by atoms with Crippen molar-refractivity contribution >= 4 is 5.57 Å². The van der Waals surface area contributed by atoms with Crippen molar-refractivity contribution in [2.75, 3.05) is 13.2 Å². The smallest absolute Gasteiger partial charge is 0.119 e. The molecule has 2 heteroatoms. The highest BCUT2D eigenvalue weighted by Gasteiger charge is 2.47. The summed E-state index contributed by atoms with van der Waals surface area (Å²) in [5, 5.41) is 0. The maximum Gasteiger partial charge on any atom is 0.119 e. The van der Waals surface area contributed by atoms with Gasteiger partial charge < -0.3 is 9.47 Å². The van der Waals surface area contributed by atoms with Gasteiger partial charge in [-0.2, -0.15) is 0 Å². The molecule has 0 spiro atoms. The number of ether oxygens (including phenoxy) is 2. The summed E-state index contributed by atoms with van der Waals surface area (Å²) in [4.78, 5) is 0. The third-order valence-corrected chi connectivity index (χ3v) is 8.96. The normalized spacial score (nSPS) is 15.7. The van der Waals surface area contributed by atoms with Crippen molar-refractivity contribution in [3.8, 4) is 11.5 Å². The fourth-order valence-electron chi connectivity index (χ4n) is 6.67. The van der Waals surface area contributed by atoms with Crippen LogP contribution in [0.2, 0.25) is 0 Å². The van der Waals surface area contributed by atoms with Crippen LogP contribution in [0.3, 0.4) is 0 Å². The van der Waals surface area contributed by atoms with Crippen LogP contribution in [0.15, 0.2) is 115 Å². The van der Waals surface area contributed by atoms with Crippen molar-refractivity contribution < 1.29 is 9.47 Å². The topological polar surface area (TPSA) is 18.5 Å². The molecule has 0 aromatic heterocycles. The summed E-state index contributed by atoms with van der Waals surface area (Å²) >= 11 is 0. The summed E-state index contributed by atoms with van der Waals surface area (Å²) in [6, 6.07) is 39.9. The van der Waals surface area contributed by atoms with Crippen LogP contribution < -0.4 is 9.47 Å². The Morgan fingerprint density at radius 2 is 1.05 bits per heavy atom. The molecule has 0 bridgehead atoms. The van der Waals surface area contributed by atoms with Gasteiger partial charge >= 0.3 is 0 Å². The lowest BCUT2D eigenvalue weighted by Gasteiger charge is -2.39. The van der Waals surface area contributed by atoms with Gasteiger partial charge in [-0.05, 0) is 71.4 Å². The number of allylic oxidation sites excluding steroid dienone is 2. The first-order valence-electron chi connectivity index (χ1n) is 16.5. The summed E-state index contributed by atoms with van der Waals surface area (Å²) in [6.07, 6.45) is 13.1. The van der Waals surface area contributed by atoms with Crippen LogP contribution in [0.4, 0.5) is 0 Å². The molecule has 2 nitrogen and oxygen atoms in total. The van der Waals surface area contributed by atoms with Crippen LogP contribution in [-0.2, 0) is 5.41 Å². The number of benzene rings is 4. The highest BCUT2D eigenvalue weighted by Crippen LogP contribution is 2.58. The Morgan fingerprint density at radius 1 is 0.558 bits per heavy atom. The molecule has 1 atom stereocenters. The average molecular weight is 573 g/mol. The summed E-state index contributed by atoms with van der Waals surface area (Å²) in [7, 11) is 0. The lowest BCUT2D eigenvalue weighted by molar-refractivity contribution is 0.304. The van der Waals surface area contributed by atoms with Crippen LogP contribution in [0, 0.1) is 0 Å². The Morgan fingerprint density at radius 3 is 1.53 bits per heavy atom. The molecule has 0 heterocycles. The molecule has 0 fully saturated rings. The predicted octanol–water partition coefficient (Wildman–Crippen LogP) is 11.2. The van der Waals surface area contributed by atoms with Gasteiger partial charge in [-0.15, -0.1) is 0 Å². The first-order valence-corrected chi connectivity index (χ1v) is 16.5. The summed E-state index contributed by atoms with van der Waals surface area (Å²) in [5.74, 6) is 2.07. The zero-order valence-electron chi connectivity index (χ0n) is 26.1. The van der Waals surface area contributed by atoms with Gasteiger partial charge in [0.2, 0.25) is 0 Å². The standard InChI is InChI=1S/C41H48O2/c1-3-5-7-15-31-42-37-25-21-35(22-26-37)41(36-23-27-38(28-24-36)43-32-16-8-6-4-2)30-29-39(33-17-11-9-12-18-33)40(41)34-19-13-10-14-20-34/h9-14,17-29,40H,3-8,15-16,30-32H2,1-2H3. The molecule has 0 saturated carbocycles. The van der Waals surface area contributed by atoms with E-state index >= 15 is 0 Å². The van der Waals surface area contributed by atoms with Crippen LogP contribution >= 0.6 is 0 Å². The highest BCUT2D eigenvalue weighted by atomic mass is 16.5. The molecule has 43 heavy (non-hydrogen) atoms. The summed E-state index contributed by atoms with van der Waals surface area (Å²) in [5.41, 5.74) is 6.38. The van der Waals surface area contributed by atoms with Gasteiger partial charge in [0, 0.05) is 11.3 Å². The van der Waals surface area contributed by atoms with Gasteiger partial charge in [0.05, 0.1) is 13.2 Å². The van der Waals surface area contributed by atoms with Crippen molar-refractivity contribution in [3.05, 3.63) is 138 Å². The molecule has 224 valence electrons. The van der Waals surface area contributed by atoms with Crippen LogP contribution in [0.25, 0.3) is 5.57 Å². The van der Waals surface area contributed by atoms with Gasteiger partial charge in [-0.3, -0.25) is 0 Å². The van der Waals surface area contributed by atoms with E-state index in [-0.39, 0.29) is 11.3 Å². The molecule has 1 aliphatic carbocycles. The number of rotatable bonds is 16. The minimum atomic E-state index is -0.258. The van der Waals surface area contributed by atoms with Crippen LogP contribution in [-0.4, -0.2) is 13.2 Å². The lowest BCUT2D eigenvalue weighted by Crippen LogP contribution is -2.32. The van der Waals surface area contributed by atoms with E-state index in [2.05, 4.69) is 129 Å². The van der Waals surface area contributed by atoms with E-state index in [0.717, 1.165) is 44.0 Å². The van der Waals surface area contributed by atoms with Crippen molar-refractivity contribution in [2.45, 2.75) is 83.0 Å². The Kier molecular flexibility index (Phi) is 11.1. The number of hydrogen-bond acceptors (Lipinski definition) is 2. The molecule has 5 rings (SSSR count). The second-order valence-electron chi connectivity index (χ2n) is 11.9. The number of unbranched alkanes of at least 4 members (excludes halogenated alkanes) is 6. The lowest BCUT2D eigenvalue weighted by atomic mass is 9.63. The van der Waals surface area contributed by atoms with E-state index in [9.17, 15) is 0 Å². The molecule has 1 aliphatic rings. The molecule has 0 N–H and O–H groups in total. The van der Waals surface area contributed by atoms with E-state index in [1.54, 1.807) is 0 Å². The second kappa shape index (κ2) is 15.6. The van der Waals surface area contributed by atoms with E-state index in [1.165, 1.54) is 66.4 Å². The third-order valence-electron chi connectivity index (χ3n) is 8.96. The first kappa shape index (κ1) is 30.7. The van der Waals surface area contributed by atoms with Crippen LogP contribution in [0.1, 0.15) is 99.8 Å². The first-order chi connectivity index (χ1) is 21.3. The van der Waals surface area contributed by atoms with E-state index in [4.69, 9.17) is 9.47 Å². The van der Waals surface area contributed by atoms with E-state index in [1.807, 2.05) is 0 Å². The summed E-state index contributed by atoms with van der Waals surface area (Å²) < 4.78 is 12.3. The zero-order chi connectivity index (χ0) is 29.7. The second-order valence-corrected chi connectivity index (χ2v) is 11.9. The monoisotopic (exact) mass is 572 g/mol. The molecule has 0 aliphatic heterocycles. The molecule has 4 aromatic carbocycles. The molecular weight excluding hydrogens is 524 g/mol. The zero-order valence-corrected chi connectivity index (χ0v) is 26.1. The van der Waals surface area contributed by atoms with Crippen LogP contribution in [0.5, 0.6) is 11.5 Å². The minimum absolute atomic E-state index is 0.165. The molecule has 1 unspecified atom stereocenters. The van der Waals surface area contributed by atoms with Crippen molar-refractivity contribution in [2.24, 2.45) is 0 Å². The molecular formula is C41H48O2. The fraction of sp³-hybridized carbons (Fsp3) is 0.366. The van der Waals surface area contributed by atoms with Gasteiger partial charge in [0.15, 0.2) is 0 Å². The predicted molar refractivity (Wildman–Crippen MR) is 181 cm³/mol. The maximum absolute atomic E-state index is 6.16. The van der Waals surface area contributed by atoms with E-state index in [0.29, 0.717) is 0 Å². The maximum atomic E-state index is 6.16. The largest absolute Gasteiger partial charge is 0.494 e. The Hall–Kier alpha value is -3.78. The SMILES string of the molecule is CCCCCCOc1ccc(C2(c3ccc(OCCCCCC)cc3)CC=C(c3ccccc3)C2c2ccccc2)cc1. The van der Waals surface area contributed by atoms with E-state index < -0.39 is 0 Å². The molecule has 4 aromatic rings. The highest BCUT2D eigenvalue weighted by molar-refractivity contribution is 5.78.